The van der Waals surface area contributed by atoms with Crippen molar-refractivity contribution in [2.24, 2.45) is 5.92 Å². The molecule has 1 aliphatic heterocycles. The molecule has 4 heteroatoms. The topological polar surface area (TPSA) is 41.6 Å². The number of amides is 1. The standard InChI is InChI=1S/C16H24N2O2/c1-12-14(16(19)18(2)9-6-10-20-3)11-13-7-4-5-8-15(13)17-12/h4-5,7-8,12,14,17H,6,9-11H2,1-3H3. The summed E-state index contributed by atoms with van der Waals surface area (Å²) < 4.78 is 5.03. The van der Waals surface area contributed by atoms with Crippen molar-refractivity contribution >= 4 is 11.6 Å². The molecule has 1 aromatic rings. The summed E-state index contributed by atoms with van der Waals surface area (Å²) in [6.07, 6.45) is 1.70. The SMILES string of the molecule is COCCCN(C)C(=O)C1Cc2ccccc2NC1C. The number of anilines is 1. The molecule has 2 unspecified atom stereocenters. The number of ether oxygens (including phenoxy) is 1. The summed E-state index contributed by atoms with van der Waals surface area (Å²) >= 11 is 0. The number of carbonyl (C=O) groups is 1. The molecule has 0 radical (unpaired) electrons. The number of rotatable bonds is 5. The summed E-state index contributed by atoms with van der Waals surface area (Å²) in [6.45, 7) is 3.53. The predicted molar refractivity (Wildman–Crippen MR) is 80.9 cm³/mol. The Morgan fingerprint density at radius 1 is 1.45 bits per heavy atom. The van der Waals surface area contributed by atoms with E-state index in [0.29, 0.717) is 6.61 Å². The first kappa shape index (κ1) is 14.9. The van der Waals surface area contributed by atoms with Gasteiger partial charge in [0.25, 0.3) is 0 Å². The Bertz CT molecular complexity index is 462. The first-order valence-electron chi connectivity index (χ1n) is 7.22. The summed E-state index contributed by atoms with van der Waals surface area (Å²) in [5, 5.41) is 3.44. The molecule has 1 amide bonds. The minimum Gasteiger partial charge on any atom is -0.385 e. The number of hydrogen-bond acceptors (Lipinski definition) is 3. The molecule has 2 atom stereocenters. The molecule has 110 valence electrons. The zero-order chi connectivity index (χ0) is 14.5. The van der Waals surface area contributed by atoms with E-state index in [2.05, 4.69) is 24.4 Å². The molecule has 20 heavy (non-hydrogen) atoms. The van der Waals surface area contributed by atoms with Gasteiger partial charge in [-0.1, -0.05) is 18.2 Å². The van der Waals surface area contributed by atoms with Gasteiger partial charge in [0.2, 0.25) is 5.91 Å². The lowest BCUT2D eigenvalue weighted by Crippen LogP contribution is -2.44. The van der Waals surface area contributed by atoms with E-state index in [1.54, 1.807) is 7.11 Å². The van der Waals surface area contributed by atoms with Crippen LogP contribution in [-0.4, -0.2) is 44.2 Å². The summed E-state index contributed by atoms with van der Waals surface area (Å²) in [7, 11) is 3.57. The number of hydrogen-bond donors (Lipinski definition) is 1. The fourth-order valence-electron chi connectivity index (χ4n) is 2.74. The molecule has 4 nitrogen and oxygen atoms in total. The largest absolute Gasteiger partial charge is 0.385 e. The minimum atomic E-state index is 0.0115. The third-order valence-corrected chi connectivity index (χ3v) is 3.98. The number of nitrogens with zero attached hydrogens (tertiary/aromatic N) is 1. The molecular weight excluding hydrogens is 252 g/mol. The first-order valence-corrected chi connectivity index (χ1v) is 7.22. The van der Waals surface area contributed by atoms with Gasteiger partial charge in [-0.2, -0.15) is 0 Å². The fraction of sp³-hybridized carbons (Fsp3) is 0.562. The van der Waals surface area contributed by atoms with E-state index in [4.69, 9.17) is 4.74 Å². The van der Waals surface area contributed by atoms with Crippen molar-refractivity contribution in [1.82, 2.24) is 4.90 Å². The molecule has 2 rings (SSSR count). The van der Waals surface area contributed by atoms with Crippen LogP contribution >= 0.6 is 0 Å². The highest BCUT2D eigenvalue weighted by Crippen LogP contribution is 2.29. The maximum Gasteiger partial charge on any atom is 0.227 e. The van der Waals surface area contributed by atoms with E-state index in [9.17, 15) is 4.79 Å². The van der Waals surface area contributed by atoms with Gasteiger partial charge in [0, 0.05) is 39.0 Å². The van der Waals surface area contributed by atoms with Gasteiger partial charge in [-0.15, -0.1) is 0 Å². The van der Waals surface area contributed by atoms with Gasteiger partial charge in [-0.3, -0.25) is 4.79 Å². The highest BCUT2D eigenvalue weighted by atomic mass is 16.5. The zero-order valence-electron chi connectivity index (χ0n) is 12.6. The first-order chi connectivity index (χ1) is 9.63. The number of nitrogens with one attached hydrogen (secondary N) is 1. The third-order valence-electron chi connectivity index (χ3n) is 3.98. The summed E-state index contributed by atoms with van der Waals surface area (Å²) in [4.78, 5) is 14.4. The molecule has 0 aromatic heterocycles. The van der Waals surface area contributed by atoms with Crippen LogP contribution in [0.3, 0.4) is 0 Å². The van der Waals surface area contributed by atoms with Crippen LogP contribution in [0.4, 0.5) is 5.69 Å². The van der Waals surface area contributed by atoms with Gasteiger partial charge in [-0.05, 0) is 31.4 Å². The van der Waals surface area contributed by atoms with Crippen LogP contribution in [0.2, 0.25) is 0 Å². The normalized spacial score (nSPS) is 20.9. The predicted octanol–water partition coefficient (Wildman–Crippen LogP) is 2.15. The fourth-order valence-corrected chi connectivity index (χ4v) is 2.74. The smallest absolute Gasteiger partial charge is 0.227 e. The zero-order valence-corrected chi connectivity index (χ0v) is 12.6. The van der Waals surface area contributed by atoms with Gasteiger partial charge >= 0.3 is 0 Å². The number of benzene rings is 1. The van der Waals surface area contributed by atoms with Crippen LogP contribution in [0.5, 0.6) is 0 Å². The molecule has 1 aliphatic rings. The second kappa shape index (κ2) is 6.75. The highest BCUT2D eigenvalue weighted by Gasteiger charge is 2.31. The molecular formula is C16H24N2O2. The third kappa shape index (κ3) is 3.31. The Balaban J connectivity index is 2.00. The Hall–Kier alpha value is -1.55. The minimum absolute atomic E-state index is 0.0115. The molecule has 0 spiro atoms. The van der Waals surface area contributed by atoms with Gasteiger partial charge < -0.3 is 15.0 Å². The van der Waals surface area contributed by atoms with Crippen LogP contribution in [0, 0.1) is 5.92 Å². The highest BCUT2D eigenvalue weighted by molar-refractivity contribution is 5.81. The van der Waals surface area contributed by atoms with Crippen LogP contribution in [0.25, 0.3) is 0 Å². The Kier molecular flexibility index (Phi) is 5.01. The lowest BCUT2D eigenvalue weighted by atomic mass is 9.87. The summed E-state index contributed by atoms with van der Waals surface area (Å²) in [5.41, 5.74) is 2.39. The monoisotopic (exact) mass is 276 g/mol. The number of para-hydroxylation sites is 1. The van der Waals surface area contributed by atoms with Gasteiger partial charge in [0.05, 0.1) is 5.92 Å². The van der Waals surface area contributed by atoms with E-state index in [0.717, 1.165) is 25.1 Å². The lowest BCUT2D eigenvalue weighted by molar-refractivity contribution is -0.134. The summed E-state index contributed by atoms with van der Waals surface area (Å²) in [6, 6.07) is 8.40. The van der Waals surface area contributed by atoms with E-state index in [1.807, 2.05) is 24.1 Å². The van der Waals surface area contributed by atoms with E-state index in [1.165, 1.54) is 5.56 Å². The molecule has 0 fully saturated rings. The average molecular weight is 276 g/mol. The molecule has 1 N–H and O–H groups in total. The Morgan fingerprint density at radius 2 is 2.20 bits per heavy atom. The number of fused-ring (bicyclic) bond motifs is 1. The second-order valence-corrected chi connectivity index (χ2v) is 5.51. The van der Waals surface area contributed by atoms with E-state index in [-0.39, 0.29) is 17.9 Å². The summed E-state index contributed by atoms with van der Waals surface area (Å²) in [5.74, 6) is 0.230. The molecule has 1 aromatic carbocycles. The van der Waals surface area contributed by atoms with Crippen molar-refractivity contribution in [3.63, 3.8) is 0 Å². The molecule has 0 bridgehead atoms. The maximum absolute atomic E-state index is 12.6. The average Bonchev–Trinajstić information content (AvgIpc) is 2.46. The van der Waals surface area contributed by atoms with Crippen molar-refractivity contribution < 1.29 is 9.53 Å². The Labute approximate surface area is 121 Å². The second-order valence-electron chi connectivity index (χ2n) is 5.51. The molecule has 1 heterocycles. The number of methoxy groups -OCH3 is 1. The quantitative estimate of drug-likeness (QED) is 0.838. The number of carbonyl (C=O) groups excluding carboxylic acids is 1. The molecule has 0 aliphatic carbocycles. The van der Waals surface area contributed by atoms with Crippen LogP contribution in [0.1, 0.15) is 18.9 Å². The van der Waals surface area contributed by atoms with Crippen molar-refractivity contribution in [2.75, 3.05) is 32.6 Å². The van der Waals surface area contributed by atoms with Crippen LogP contribution < -0.4 is 5.32 Å². The van der Waals surface area contributed by atoms with E-state index < -0.39 is 0 Å². The molecule has 0 saturated heterocycles. The maximum atomic E-state index is 12.6. The molecule has 0 saturated carbocycles. The van der Waals surface area contributed by atoms with Crippen molar-refractivity contribution in [1.29, 1.82) is 0 Å². The van der Waals surface area contributed by atoms with Crippen LogP contribution in [-0.2, 0) is 16.0 Å². The van der Waals surface area contributed by atoms with Crippen molar-refractivity contribution in [3.05, 3.63) is 29.8 Å². The van der Waals surface area contributed by atoms with Crippen molar-refractivity contribution in [2.45, 2.75) is 25.8 Å². The van der Waals surface area contributed by atoms with Crippen molar-refractivity contribution in [3.8, 4) is 0 Å². The lowest BCUT2D eigenvalue weighted by Gasteiger charge is -2.34. The van der Waals surface area contributed by atoms with E-state index >= 15 is 0 Å². The van der Waals surface area contributed by atoms with Gasteiger partial charge in [-0.25, -0.2) is 0 Å². The Morgan fingerprint density at radius 3 is 2.95 bits per heavy atom. The van der Waals surface area contributed by atoms with Crippen LogP contribution in [0.15, 0.2) is 24.3 Å². The van der Waals surface area contributed by atoms with Gasteiger partial charge in [0.1, 0.15) is 0 Å². The van der Waals surface area contributed by atoms with Gasteiger partial charge in [0.15, 0.2) is 0 Å².